The summed E-state index contributed by atoms with van der Waals surface area (Å²) in [4.78, 5) is 10.6. The van der Waals surface area contributed by atoms with Gasteiger partial charge in [0.25, 0.3) is 0 Å². The molecule has 0 aliphatic rings. The Morgan fingerprint density at radius 1 is 1.41 bits per heavy atom. The van der Waals surface area contributed by atoms with Crippen molar-refractivity contribution in [3.63, 3.8) is 0 Å². The molecule has 0 atom stereocenters. The third kappa shape index (κ3) is 3.82. The smallest absolute Gasteiger partial charge is 0.150 e. The van der Waals surface area contributed by atoms with Crippen molar-refractivity contribution in [2.45, 2.75) is 32.3 Å². The number of benzene rings is 1. The van der Waals surface area contributed by atoms with Crippen molar-refractivity contribution in [2.75, 3.05) is 6.61 Å². The molecule has 0 spiro atoms. The first-order valence-electron chi connectivity index (χ1n) is 5.64. The highest BCUT2D eigenvalue weighted by Crippen LogP contribution is 2.27. The lowest BCUT2D eigenvalue weighted by Gasteiger charge is -2.25. The van der Waals surface area contributed by atoms with Crippen LogP contribution in [-0.4, -0.2) is 23.6 Å². The van der Waals surface area contributed by atoms with Gasteiger partial charge >= 0.3 is 0 Å². The van der Waals surface area contributed by atoms with E-state index < -0.39 is 5.60 Å². The lowest BCUT2D eigenvalue weighted by atomic mass is 9.99. The van der Waals surface area contributed by atoms with Crippen molar-refractivity contribution in [1.29, 1.82) is 0 Å². The van der Waals surface area contributed by atoms with Crippen LogP contribution in [0.5, 0.6) is 5.75 Å². The van der Waals surface area contributed by atoms with Crippen molar-refractivity contribution in [1.82, 2.24) is 0 Å². The molecule has 17 heavy (non-hydrogen) atoms. The maximum atomic E-state index is 10.6. The Balaban J connectivity index is 2.72. The van der Waals surface area contributed by atoms with Gasteiger partial charge in [0.1, 0.15) is 18.6 Å². The number of ether oxygens (including phenoxy) is 1. The molecule has 94 valence electrons. The Kier molecular flexibility index (Phi) is 5.15. The predicted octanol–water partition coefficient (Wildman–Crippen LogP) is 3.19. The minimum atomic E-state index is -0.789. The largest absolute Gasteiger partial charge is 0.489 e. The average molecular weight is 301 g/mol. The molecule has 0 bridgehead atoms. The van der Waals surface area contributed by atoms with E-state index in [9.17, 15) is 9.90 Å². The van der Waals surface area contributed by atoms with E-state index in [2.05, 4.69) is 15.9 Å². The summed E-state index contributed by atoms with van der Waals surface area (Å²) in [5.74, 6) is 0.635. The third-order valence-corrected chi connectivity index (χ3v) is 3.52. The molecule has 0 radical (unpaired) electrons. The molecular weight excluding hydrogens is 284 g/mol. The SMILES string of the molecule is CCC(O)(CC)COc1ccc(C=O)cc1Br. The van der Waals surface area contributed by atoms with Gasteiger partial charge in [0.2, 0.25) is 0 Å². The lowest BCUT2D eigenvalue weighted by Crippen LogP contribution is -2.34. The predicted molar refractivity (Wildman–Crippen MR) is 70.6 cm³/mol. The summed E-state index contributed by atoms with van der Waals surface area (Å²) in [6.45, 7) is 4.10. The van der Waals surface area contributed by atoms with Crippen molar-refractivity contribution in [3.05, 3.63) is 28.2 Å². The van der Waals surface area contributed by atoms with Crippen molar-refractivity contribution in [3.8, 4) is 5.75 Å². The van der Waals surface area contributed by atoms with Gasteiger partial charge in [0.05, 0.1) is 10.1 Å². The molecule has 0 amide bonds. The molecule has 0 heterocycles. The average Bonchev–Trinajstić information content (AvgIpc) is 2.36. The van der Waals surface area contributed by atoms with Gasteiger partial charge in [0.15, 0.2) is 0 Å². The van der Waals surface area contributed by atoms with Gasteiger partial charge in [-0.3, -0.25) is 4.79 Å². The maximum absolute atomic E-state index is 10.6. The number of carbonyl (C=O) groups is 1. The van der Waals surface area contributed by atoms with E-state index in [0.29, 0.717) is 24.2 Å². The Hall–Kier alpha value is -0.870. The number of hydrogen-bond donors (Lipinski definition) is 1. The molecule has 0 saturated carbocycles. The normalized spacial score (nSPS) is 11.3. The second kappa shape index (κ2) is 6.17. The zero-order chi connectivity index (χ0) is 12.9. The molecule has 3 nitrogen and oxygen atoms in total. The molecule has 0 saturated heterocycles. The standard InChI is InChI=1S/C13H17BrO3/c1-3-13(16,4-2)9-17-12-6-5-10(8-15)7-11(12)14/h5-8,16H,3-4,9H2,1-2H3. The van der Waals surface area contributed by atoms with Crippen LogP contribution in [0, 0.1) is 0 Å². The van der Waals surface area contributed by atoms with Gasteiger partial charge in [-0.2, -0.15) is 0 Å². The molecule has 1 N–H and O–H groups in total. The summed E-state index contributed by atoms with van der Waals surface area (Å²) in [5, 5.41) is 10.1. The first kappa shape index (κ1) is 14.2. The van der Waals surface area contributed by atoms with E-state index in [1.807, 2.05) is 13.8 Å². The van der Waals surface area contributed by atoms with Crippen LogP contribution in [-0.2, 0) is 0 Å². The Bertz CT molecular complexity index is 386. The zero-order valence-corrected chi connectivity index (χ0v) is 11.7. The number of rotatable bonds is 6. The fourth-order valence-corrected chi connectivity index (χ4v) is 1.88. The Labute approximate surface area is 110 Å². The van der Waals surface area contributed by atoms with Gasteiger partial charge in [-0.15, -0.1) is 0 Å². The lowest BCUT2D eigenvalue weighted by molar-refractivity contribution is -0.0115. The molecule has 0 fully saturated rings. The zero-order valence-electron chi connectivity index (χ0n) is 10.1. The van der Waals surface area contributed by atoms with Crippen LogP contribution in [0.4, 0.5) is 0 Å². The minimum Gasteiger partial charge on any atom is -0.489 e. The summed E-state index contributed by atoms with van der Waals surface area (Å²) in [6, 6.07) is 5.10. The van der Waals surface area contributed by atoms with Crippen LogP contribution < -0.4 is 4.74 Å². The summed E-state index contributed by atoms with van der Waals surface area (Å²) < 4.78 is 6.29. The third-order valence-electron chi connectivity index (χ3n) is 2.90. The summed E-state index contributed by atoms with van der Waals surface area (Å²) >= 11 is 3.33. The van der Waals surface area contributed by atoms with Gasteiger partial charge in [-0.25, -0.2) is 0 Å². The van der Waals surface area contributed by atoms with E-state index >= 15 is 0 Å². The van der Waals surface area contributed by atoms with E-state index in [0.717, 1.165) is 10.8 Å². The molecule has 1 aromatic carbocycles. The Morgan fingerprint density at radius 3 is 2.53 bits per heavy atom. The fraction of sp³-hybridized carbons (Fsp3) is 0.462. The van der Waals surface area contributed by atoms with Crippen molar-refractivity contribution in [2.24, 2.45) is 0 Å². The summed E-state index contributed by atoms with van der Waals surface area (Å²) in [7, 11) is 0. The van der Waals surface area contributed by atoms with Gasteiger partial charge in [0, 0.05) is 5.56 Å². The maximum Gasteiger partial charge on any atom is 0.150 e. The highest BCUT2D eigenvalue weighted by atomic mass is 79.9. The van der Waals surface area contributed by atoms with Crippen LogP contribution in [0.15, 0.2) is 22.7 Å². The van der Waals surface area contributed by atoms with E-state index in [4.69, 9.17) is 4.74 Å². The van der Waals surface area contributed by atoms with E-state index in [1.54, 1.807) is 18.2 Å². The first-order valence-corrected chi connectivity index (χ1v) is 6.44. The molecule has 0 aliphatic heterocycles. The second-order valence-corrected chi connectivity index (χ2v) is 4.88. The van der Waals surface area contributed by atoms with Gasteiger partial charge in [-0.1, -0.05) is 13.8 Å². The molecule has 0 unspecified atom stereocenters. The molecule has 0 aliphatic carbocycles. The summed E-state index contributed by atoms with van der Waals surface area (Å²) in [6.07, 6.45) is 2.07. The number of aldehydes is 1. The van der Waals surface area contributed by atoms with Crippen molar-refractivity contribution >= 4 is 22.2 Å². The fourth-order valence-electron chi connectivity index (χ4n) is 1.37. The Morgan fingerprint density at radius 2 is 2.06 bits per heavy atom. The summed E-state index contributed by atoms with van der Waals surface area (Å²) in [5.41, 5.74) is -0.201. The minimum absolute atomic E-state index is 0.249. The van der Waals surface area contributed by atoms with E-state index in [-0.39, 0.29) is 6.61 Å². The van der Waals surface area contributed by atoms with Crippen molar-refractivity contribution < 1.29 is 14.6 Å². The first-order chi connectivity index (χ1) is 8.04. The van der Waals surface area contributed by atoms with E-state index in [1.165, 1.54) is 0 Å². The van der Waals surface area contributed by atoms with Crippen LogP contribution in [0.2, 0.25) is 0 Å². The molecule has 1 aromatic rings. The molecule has 0 aromatic heterocycles. The highest BCUT2D eigenvalue weighted by molar-refractivity contribution is 9.10. The van der Waals surface area contributed by atoms with Gasteiger partial charge in [-0.05, 0) is 47.0 Å². The van der Waals surface area contributed by atoms with Crippen LogP contribution in [0.3, 0.4) is 0 Å². The van der Waals surface area contributed by atoms with Crippen LogP contribution in [0.1, 0.15) is 37.0 Å². The molecule has 4 heteroatoms. The topological polar surface area (TPSA) is 46.5 Å². The van der Waals surface area contributed by atoms with Crippen LogP contribution >= 0.6 is 15.9 Å². The monoisotopic (exact) mass is 300 g/mol. The molecule has 1 rings (SSSR count). The number of aliphatic hydroxyl groups is 1. The second-order valence-electron chi connectivity index (χ2n) is 4.03. The number of carbonyl (C=O) groups excluding carboxylic acids is 1. The van der Waals surface area contributed by atoms with Crippen LogP contribution in [0.25, 0.3) is 0 Å². The molecular formula is C13H17BrO3. The quantitative estimate of drug-likeness (QED) is 0.821. The number of halogens is 1. The number of hydrogen-bond acceptors (Lipinski definition) is 3. The highest BCUT2D eigenvalue weighted by Gasteiger charge is 2.23. The van der Waals surface area contributed by atoms with Gasteiger partial charge < -0.3 is 9.84 Å².